The van der Waals surface area contributed by atoms with Crippen molar-refractivity contribution in [3.8, 4) is 11.1 Å². The van der Waals surface area contributed by atoms with E-state index in [1.807, 2.05) is 30.3 Å². The molecule has 4 heterocycles. The number of aliphatic hydroxyl groups is 1. The molecular weight excluding hydrogens is 447 g/mol. The summed E-state index contributed by atoms with van der Waals surface area (Å²) in [6.07, 6.45) is 8.68. The molecule has 3 N–H and O–H groups in total. The number of aliphatic imine (C=N–C) groups is 1. The maximum Gasteiger partial charge on any atom is 0.271 e. The Morgan fingerprint density at radius 3 is 2.60 bits per heavy atom. The van der Waals surface area contributed by atoms with E-state index < -0.39 is 12.6 Å². The van der Waals surface area contributed by atoms with E-state index in [0.717, 1.165) is 74.0 Å². The molecule has 2 aliphatic heterocycles. The highest BCUT2D eigenvalue weighted by molar-refractivity contribution is 5.94. The summed E-state index contributed by atoms with van der Waals surface area (Å²) in [6.45, 7) is 3.06. The molecule has 35 heavy (non-hydrogen) atoms. The number of H-pyrrole nitrogens is 1. The largest absolute Gasteiger partial charge is 0.379 e. The third-order valence-electron chi connectivity index (χ3n) is 7.65. The molecule has 9 heteroatoms. The number of aromatic amines is 1. The number of benzene rings is 1. The van der Waals surface area contributed by atoms with E-state index in [0.29, 0.717) is 17.4 Å². The Labute approximate surface area is 203 Å². The summed E-state index contributed by atoms with van der Waals surface area (Å²) in [5, 5.41) is 14.1. The fourth-order valence-electron chi connectivity index (χ4n) is 5.77. The van der Waals surface area contributed by atoms with E-state index in [-0.39, 0.29) is 6.04 Å². The van der Waals surface area contributed by atoms with Crippen molar-refractivity contribution in [1.82, 2.24) is 25.1 Å². The zero-order valence-electron chi connectivity index (χ0n) is 19.7. The normalized spacial score (nSPS) is 27.3. The van der Waals surface area contributed by atoms with Gasteiger partial charge in [-0.15, -0.1) is 0 Å². The summed E-state index contributed by atoms with van der Waals surface area (Å²) in [5.74, 6) is -1.59. The highest BCUT2D eigenvalue weighted by atomic mass is 19.2. The maximum absolute atomic E-state index is 17.1. The molecule has 1 saturated carbocycles. The van der Waals surface area contributed by atoms with Crippen molar-refractivity contribution in [3.05, 3.63) is 48.3 Å². The van der Waals surface area contributed by atoms with Crippen molar-refractivity contribution in [3.63, 3.8) is 0 Å². The number of hydrogen-bond donors (Lipinski definition) is 3. The number of rotatable bonds is 5. The fraction of sp³-hybridized carbons (Fsp3) is 0.462. The molecule has 1 aliphatic carbocycles. The summed E-state index contributed by atoms with van der Waals surface area (Å²) < 4.78 is 22.6. The summed E-state index contributed by atoms with van der Waals surface area (Å²) >= 11 is 0. The molecule has 8 nitrogen and oxygen atoms in total. The summed E-state index contributed by atoms with van der Waals surface area (Å²) in [6, 6.07) is 10.4. The first-order valence-electron chi connectivity index (χ1n) is 12.4. The van der Waals surface area contributed by atoms with Gasteiger partial charge in [-0.3, -0.25) is 20.1 Å². The topological polar surface area (TPSA) is 89.0 Å². The van der Waals surface area contributed by atoms with Crippen molar-refractivity contribution in [1.29, 1.82) is 0 Å². The molecule has 184 valence electrons. The summed E-state index contributed by atoms with van der Waals surface area (Å²) in [7, 11) is 0. The van der Waals surface area contributed by atoms with Gasteiger partial charge in [-0.25, -0.2) is 4.99 Å². The number of ether oxygens (including phenoxy) is 1. The van der Waals surface area contributed by atoms with Gasteiger partial charge in [-0.05, 0) is 61.1 Å². The number of aliphatic hydroxyl groups excluding tert-OH is 1. The molecule has 2 aromatic heterocycles. The predicted octanol–water partition coefficient (Wildman–Crippen LogP) is 3.47. The molecule has 1 aromatic carbocycles. The van der Waals surface area contributed by atoms with E-state index in [9.17, 15) is 5.11 Å². The van der Waals surface area contributed by atoms with E-state index in [1.165, 1.54) is 11.2 Å². The Morgan fingerprint density at radius 1 is 1.09 bits per heavy atom. The second-order valence-electron chi connectivity index (χ2n) is 9.62. The third-order valence-corrected chi connectivity index (χ3v) is 7.65. The van der Waals surface area contributed by atoms with Crippen LogP contribution in [0.1, 0.15) is 31.2 Å². The lowest BCUT2D eigenvalue weighted by Gasteiger charge is -2.43. The molecule has 3 aliphatic rings. The van der Waals surface area contributed by atoms with Gasteiger partial charge in [0, 0.05) is 48.5 Å². The third kappa shape index (κ3) is 4.12. The Kier molecular flexibility index (Phi) is 6.01. The molecule has 1 unspecified atom stereocenters. The van der Waals surface area contributed by atoms with E-state index in [4.69, 9.17) is 4.74 Å². The quantitative estimate of drug-likeness (QED) is 0.487. The van der Waals surface area contributed by atoms with E-state index >= 15 is 4.39 Å². The number of morpholine rings is 1. The van der Waals surface area contributed by atoms with Gasteiger partial charge in [0.2, 0.25) is 0 Å². The van der Waals surface area contributed by atoms with E-state index in [1.54, 1.807) is 12.4 Å². The number of nitrogens with zero attached hydrogens (tertiary/aromatic N) is 4. The van der Waals surface area contributed by atoms with Crippen LogP contribution in [-0.4, -0.2) is 76.3 Å². The SMILES string of the molecule is OCN1C=Nc2[nH]c3ccc(-c4ccncc4)cc3c2C1(F)NC1CCC(N2CCOCC2)CC1. The number of nitrogens with one attached hydrogen (secondary N) is 2. The second-order valence-corrected chi connectivity index (χ2v) is 9.62. The van der Waals surface area contributed by atoms with Gasteiger partial charge in [0.05, 0.1) is 25.1 Å². The molecule has 1 atom stereocenters. The van der Waals surface area contributed by atoms with Gasteiger partial charge >= 0.3 is 0 Å². The average Bonchev–Trinajstić information content (AvgIpc) is 3.29. The van der Waals surface area contributed by atoms with Crippen molar-refractivity contribution in [2.45, 2.75) is 43.7 Å². The molecule has 3 aromatic rings. The van der Waals surface area contributed by atoms with Crippen molar-refractivity contribution in [2.24, 2.45) is 4.99 Å². The lowest BCUT2D eigenvalue weighted by molar-refractivity contribution is -0.0733. The minimum Gasteiger partial charge on any atom is -0.379 e. The number of alkyl halides is 1. The van der Waals surface area contributed by atoms with Crippen molar-refractivity contribution >= 4 is 23.1 Å². The Balaban J connectivity index is 1.30. The monoisotopic (exact) mass is 478 g/mol. The van der Waals surface area contributed by atoms with Crippen LogP contribution in [0.3, 0.4) is 0 Å². The molecule has 6 rings (SSSR count). The first-order chi connectivity index (χ1) is 17.2. The number of halogens is 1. The van der Waals surface area contributed by atoms with Gasteiger partial charge in [0.25, 0.3) is 5.92 Å². The van der Waals surface area contributed by atoms with Crippen LogP contribution in [-0.2, 0) is 10.7 Å². The van der Waals surface area contributed by atoms with Crippen LogP contribution in [0, 0.1) is 0 Å². The van der Waals surface area contributed by atoms with Gasteiger partial charge in [0.1, 0.15) is 12.5 Å². The summed E-state index contributed by atoms with van der Waals surface area (Å²) in [4.78, 5) is 15.5. The summed E-state index contributed by atoms with van der Waals surface area (Å²) in [5.41, 5.74) is 3.22. The van der Waals surface area contributed by atoms with Crippen molar-refractivity contribution in [2.75, 3.05) is 33.0 Å². The molecule has 0 bridgehead atoms. The van der Waals surface area contributed by atoms with Crippen LogP contribution < -0.4 is 5.32 Å². The van der Waals surface area contributed by atoms with E-state index in [2.05, 4.69) is 25.2 Å². The molecule has 0 spiro atoms. The maximum atomic E-state index is 17.1. The lowest BCUT2D eigenvalue weighted by atomic mass is 9.89. The van der Waals surface area contributed by atoms with Crippen LogP contribution in [0.4, 0.5) is 10.2 Å². The number of aromatic nitrogens is 2. The average molecular weight is 479 g/mol. The highest BCUT2D eigenvalue weighted by Crippen LogP contribution is 2.44. The zero-order valence-corrected chi connectivity index (χ0v) is 19.7. The first-order valence-corrected chi connectivity index (χ1v) is 12.4. The number of hydrogen-bond acceptors (Lipinski definition) is 7. The van der Waals surface area contributed by atoms with Crippen LogP contribution >= 0.6 is 0 Å². The highest BCUT2D eigenvalue weighted by Gasteiger charge is 2.46. The number of pyridine rings is 1. The molecule has 0 radical (unpaired) electrons. The van der Waals surface area contributed by atoms with Crippen LogP contribution in [0.25, 0.3) is 22.0 Å². The molecule has 0 amide bonds. The smallest absolute Gasteiger partial charge is 0.271 e. The van der Waals surface area contributed by atoms with Crippen LogP contribution in [0.15, 0.2) is 47.7 Å². The Hall–Kier alpha value is -2.85. The van der Waals surface area contributed by atoms with Gasteiger partial charge < -0.3 is 14.8 Å². The van der Waals surface area contributed by atoms with Crippen LogP contribution in [0.5, 0.6) is 0 Å². The zero-order chi connectivity index (χ0) is 23.8. The Morgan fingerprint density at radius 2 is 1.86 bits per heavy atom. The van der Waals surface area contributed by atoms with Crippen molar-refractivity contribution < 1.29 is 14.2 Å². The minimum atomic E-state index is -2.07. The van der Waals surface area contributed by atoms with Gasteiger partial charge in [0.15, 0.2) is 0 Å². The van der Waals surface area contributed by atoms with Crippen LogP contribution in [0.2, 0.25) is 0 Å². The minimum absolute atomic E-state index is 0.000907. The second kappa shape index (κ2) is 9.31. The molecule has 1 saturated heterocycles. The standard InChI is InChI=1S/C26H31FN6O2/c27-26(31-20-2-4-21(5-3-20)32-11-13-35-14-12-32)24-22-15-19(18-7-9-28-10-8-18)1-6-23(22)30-25(24)29-16-33(26)17-34/h1,6-10,15-16,20-21,30-31,34H,2-5,11-14,17H2. The first kappa shape index (κ1) is 22.6. The molecule has 2 fully saturated rings. The Bertz CT molecular complexity index is 1200. The number of fused-ring (bicyclic) bond motifs is 3. The van der Waals surface area contributed by atoms with Gasteiger partial charge in [-0.1, -0.05) is 6.07 Å². The lowest BCUT2D eigenvalue weighted by Crippen LogP contribution is -2.58. The molecular formula is C26H31FN6O2. The van der Waals surface area contributed by atoms with Gasteiger partial charge in [-0.2, -0.15) is 4.39 Å². The predicted molar refractivity (Wildman–Crippen MR) is 133 cm³/mol. The fourth-order valence-corrected chi connectivity index (χ4v) is 5.77.